The molecule has 8 nitrogen and oxygen atoms in total. The SMILES string of the molecule is CN=C(NCc1cc2c(cc1OC)CC(C)O2)NCc1ncnn1C.I. The fourth-order valence-corrected chi connectivity index (χ4v) is 2.85. The quantitative estimate of drug-likeness (QED) is 0.391. The third kappa shape index (κ3) is 4.57. The Kier molecular flexibility index (Phi) is 7.06. The maximum Gasteiger partial charge on any atom is 0.191 e. The van der Waals surface area contributed by atoms with Crippen molar-refractivity contribution in [1.29, 1.82) is 0 Å². The topological polar surface area (TPSA) is 85.6 Å². The van der Waals surface area contributed by atoms with Gasteiger partial charge in [-0.25, -0.2) is 4.98 Å². The molecule has 1 aliphatic heterocycles. The third-order valence-corrected chi connectivity index (χ3v) is 4.19. The van der Waals surface area contributed by atoms with E-state index in [2.05, 4.69) is 38.7 Å². The van der Waals surface area contributed by atoms with Crippen LogP contribution in [0.1, 0.15) is 23.9 Å². The van der Waals surface area contributed by atoms with E-state index in [9.17, 15) is 0 Å². The van der Waals surface area contributed by atoms with Crippen LogP contribution in [0.2, 0.25) is 0 Å². The van der Waals surface area contributed by atoms with Crippen LogP contribution in [-0.2, 0) is 26.6 Å². The number of aromatic nitrogens is 3. The van der Waals surface area contributed by atoms with Gasteiger partial charge in [0.25, 0.3) is 0 Å². The molecule has 0 aliphatic carbocycles. The summed E-state index contributed by atoms with van der Waals surface area (Å²) in [6, 6.07) is 4.10. The molecule has 2 heterocycles. The first-order valence-corrected chi connectivity index (χ1v) is 8.24. The van der Waals surface area contributed by atoms with E-state index in [1.165, 1.54) is 11.9 Å². The van der Waals surface area contributed by atoms with Gasteiger partial charge in [-0.3, -0.25) is 9.67 Å². The zero-order valence-corrected chi connectivity index (χ0v) is 17.8. The number of fused-ring (bicyclic) bond motifs is 1. The molecule has 1 aromatic carbocycles. The number of nitrogens with one attached hydrogen (secondary N) is 2. The summed E-state index contributed by atoms with van der Waals surface area (Å²) < 4.78 is 13.1. The standard InChI is InChI=1S/C17H24N6O2.HI/c1-11-5-12-6-14(24-4)13(7-15(12)25-11)8-19-17(18-2)20-9-16-21-10-22-23(16)3;/h6-7,10-11H,5,8-9H2,1-4H3,(H2,18,19,20);1H. The highest BCUT2D eigenvalue weighted by atomic mass is 127. The highest BCUT2D eigenvalue weighted by Crippen LogP contribution is 2.34. The van der Waals surface area contributed by atoms with Crippen LogP contribution in [0, 0.1) is 0 Å². The summed E-state index contributed by atoms with van der Waals surface area (Å²) in [6.45, 7) is 3.19. The smallest absolute Gasteiger partial charge is 0.191 e. The number of rotatable bonds is 5. The molecule has 0 radical (unpaired) electrons. The van der Waals surface area contributed by atoms with Gasteiger partial charge in [0.2, 0.25) is 0 Å². The molecular weight excluding hydrogens is 447 g/mol. The van der Waals surface area contributed by atoms with Gasteiger partial charge in [0.15, 0.2) is 5.96 Å². The molecule has 9 heteroatoms. The molecule has 3 rings (SSSR count). The van der Waals surface area contributed by atoms with Crippen LogP contribution in [0.3, 0.4) is 0 Å². The predicted octanol–water partition coefficient (Wildman–Crippen LogP) is 1.63. The van der Waals surface area contributed by atoms with Crippen LogP contribution in [0.15, 0.2) is 23.5 Å². The molecular formula is C17H25IN6O2. The van der Waals surface area contributed by atoms with Gasteiger partial charge >= 0.3 is 0 Å². The second-order valence-corrected chi connectivity index (χ2v) is 5.98. The van der Waals surface area contributed by atoms with E-state index in [1.54, 1.807) is 18.8 Å². The maximum absolute atomic E-state index is 5.84. The van der Waals surface area contributed by atoms with Gasteiger partial charge in [0.1, 0.15) is 29.8 Å². The van der Waals surface area contributed by atoms with Crippen molar-refractivity contribution in [3.8, 4) is 11.5 Å². The third-order valence-electron chi connectivity index (χ3n) is 4.19. The van der Waals surface area contributed by atoms with Crippen LogP contribution in [0.25, 0.3) is 0 Å². The van der Waals surface area contributed by atoms with Crippen molar-refractivity contribution in [1.82, 2.24) is 25.4 Å². The summed E-state index contributed by atoms with van der Waals surface area (Å²) in [5.41, 5.74) is 2.22. The number of hydrogen-bond donors (Lipinski definition) is 2. The van der Waals surface area contributed by atoms with Crippen LogP contribution < -0.4 is 20.1 Å². The van der Waals surface area contributed by atoms with Gasteiger partial charge in [0.05, 0.1) is 13.7 Å². The van der Waals surface area contributed by atoms with Crippen molar-refractivity contribution >= 4 is 29.9 Å². The summed E-state index contributed by atoms with van der Waals surface area (Å²) in [5, 5.41) is 10.6. The van der Waals surface area contributed by atoms with Gasteiger partial charge < -0.3 is 20.1 Å². The molecule has 26 heavy (non-hydrogen) atoms. The lowest BCUT2D eigenvalue weighted by Gasteiger charge is -2.14. The Balaban J connectivity index is 0.00000243. The maximum atomic E-state index is 5.84. The van der Waals surface area contributed by atoms with E-state index in [4.69, 9.17) is 9.47 Å². The van der Waals surface area contributed by atoms with Gasteiger partial charge in [-0.05, 0) is 19.1 Å². The first kappa shape index (κ1) is 20.3. The largest absolute Gasteiger partial charge is 0.496 e. The fourth-order valence-electron chi connectivity index (χ4n) is 2.85. The zero-order chi connectivity index (χ0) is 17.8. The molecule has 0 amide bonds. The van der Waals surface area contributed by atoms with E-state index in [0.29, 0.717) is 19.0 Å². The number of benzene rings is 1. The van der Waals surface area contributed by atoms with Crippen LogP contribution >= 0.6 is 24.0 Å². The summed E-state index contributed by atoms with van der Waals surface area (Å²) in [4.78, 5) is 8.42. The van der Waals surface area contributed by atoms with Crippen LogP contribution in [0.5, 0.6) is 11.5 Å². The van der Waals surface area contributed by atoms with Gasteiger partial charge in [0, 0.05) is 38.2 Å². The van der Waals surface area contributed by atoms with Gasteiger partial charge in [-0.2, -0.15) is 5.10 Å². The Labute approximate surface area is 170 Å². The first-order valence-electron chi connectivity index (χ1n) is 8.24. The Morgan fingerprint density at radius 1 is 1.38 bits per heavy atom. The summed E-state index contributed by atoms with van der Waals surface area (Å²) in [6.07, 6.45) is 2.66. The average molecular weight is 472 g/mol. The minimum Gasteiger partial charge on any atom is -0.496 e. The predicted molar refractivity (Wildman–Crippen MR) is 110 cm³/mol. The molecule has 0 spiro atoms. The number of aryl methyl sites for hydroxylation is 1. The minimum absolute atomic E-state index is 0. The summed E-state index contributed by atoms with van der Waals surface area (Å²) in [7, 11) is 5.28. The molecule has 1 unspecified atom stereocenters. The Morgan fingerprint density at radius 3 is 2.81 bits per heavy atom. The molecule has 1 atom stereocenters. The molecule has 1 aromatic heterocycles. The van der Waals surface area contributed by atoms with E-state index >= 15 is 0 Å². The monoisotopic (exact) mass is 472 g/mol. The minimum atomic E-state index is 0. The number of nitrogens with zero attached hydrogens (tertiary/aromatic N) is 4. The Hall–Kier alpha value is -2.04. The zero-order valence-electron chi connectivity index (χ0n) is 15.4. The van der Waals surface area contributed by atoms with Crippen LogP contribution in [-0.4, -0.2) is 41.0 Å². The Bertz CT molecular complexity index is 777. The van der Waals surface area contributed by atoms with E-state index in [1.807, 2.05) is 13.1 Å². The lowest BCUT2D eigenvalue weighted by molar-refractivity contribution is 0.254. The molecule has 0 fully saturated rings. The average Bonchev–Trinajstić information content (AvgIpc) is 3.18. The molecule has 1 aliphatic rings. The molecule has 0 bridgehead atoms. The number of guanidine groups is 1. The summed E-state index contributed by atoms with van der Waals surface area (Å²) >= 11 is 0. The highest BCUT2D eigenvalue weighted by Gasteiger charge is 2.21. The number of methoxy groups -OCH3 is 1. The molecule has 0 saturated heterocycles. The molecule has 0 saturated carbocycles. The number of hydrogen-bond acceptors (Lipinski definition) is 5. The Morgan fingerprint density at radius 2 is 2.15 bits per heavy atom. The number of aliphatic imine (C=N–C) groups is 1. The van der Waals surface area contributed by atoms with Crippen molar-refractivity contribution < 1.29 is 9.47 Å². The highest BCUT2D eigenvalue weighted by molar-refractivity contribution is 14.0. The second kappa shape index (κ2) is 9.06. The second-order valence-electron chi connectivity index (χ2n) is 5.98. The normalized spacial score (nSPS) is 15.7. The van der Waals surface area contributed by atoms with Gasteiger partial charge in [-0.1, -0.05) is 0 Å². The molecule has 2 aromatic rings. The van der Waals surface area contributed by atoms with Crippen molar-refractivity contribution in [3.05, 3.63) is 35.4 Å². The van der Waals surface area contributed by atoms with Crippen molar-refractivity contribution in [3.63, 3.8) is 0 Å². The van der Waals surface area contributed by atoms with E-state index in [-0.39, 0.29) is 30.1 Å². The summed E-state index contributed by atoms with van der Waals surface area (Å²) in [5.74, 6) is 3.31. The van der Waals surface area contributed by atoms with Crippen molar-refractivity contribution in [2.24, 2.45) is 12.0 Å². The lowest BCUT2D eigenvalue weighted by Crippen LogP contribution is -2.37. The molecule has 2 N–H and O–H groups in total. The molecule has 142 valence electrons. The lowest BCUT2D eigenvalue weighted by atomic mass is 10.1. The van der Waals surface area contributed by atoms with E-state index < -0.39 is 0 Å². The van der Waals surface area contributed by atoms with Crippen LogP contribution in [0.4, 0.5) is 0 Å². The fraction of sp³-hybridized carbons (Fsp3) is 0.471. The first-order chi connectivity index (χ1) is 12.1. The van der Waals surface area contributed by atoms with Crippen molar-refractivity contribution in [2.45, 2.75) is 32.5 Å². The van der Waals surface area contributed by atoms with Crippen molar-refractivity contribution in [2.75, 3.05) is 14.2 Å². The number of halogens is 1. The van der Waals surface area contributed by atoms with E-state index in [0.717, 1.165) is 29.3 Å². The number of ether oxygens (including phenoxy) is 2. The van der Waals surface area contributed by atoms with Gasteiger partial charge in [-0.15, -0.1) is 24.0 Å².